The predicted molar refractivity (Wildman–Crippen MR) is 73.1 cm³/mol. The highest BCUT2D eigenvalue weighted by Gasteiger charge is 2.01. The second-order valence-electron chi connectivity index (χ2n) is 4.04. The van der Waals surface area contributed by atoms with E-state index in [0.29, 0.717) is 12.0 Å². The van der Waals surface area contributed by atoms with Crippen molar-refractivity contribution in [3.63, 3.8) is 0 Å². The van der Waals surface area contributed by atoms with E-state index < -0.39 is 0 Å². The van der Waals surface area contributed by atoms with E-state index in [9.17, 15) is 4.79 Å². The molecular formula is C16H12N2O. The van der Waals surface area contributed by atoms with Crippen LogP contribution in [0.4, 0.5) is 0 Å². The fraction of sp³-hybridized carbons (Fsp3) is 0.0625. The fourth-order valence-corrected chi connectivity index (χ4v) is 1.69. The monoisotopic (exact) mass is 248 g/mol. The van der Waals surface area contributed by atoms with Gasteiger partial charge in [-0.05, 0) is 29.3 Å². The van der Waals surface area contributed by atoms with Crippen LogP contribution < -0.4 is 0 Å². The van der Waals surface area contributed by atoms with Crippen molar-refractivity contribution in [2.75, 3.05) is 0 Å². The topological polar surface area (TPSA) is 53.8 Å². The van der Waals surface area contributed by atoms with Gasteiger partial charge in [-0.25, -0.2) is 0 Å². The van der Waals surface area contributed by atoms with E-state index in [0.717, 1.165) is 11.1 Å². The number of pyridine rings is 1. The number of hydrogen-bond donors (Lipinski definition) is 0. The summed E-state index contributed by atoms with van der Waals surface area (Å²) in [5.41, 5.74) is 2.20. The summed E-state index contributed by atoms with van der Waals surface area (Å²) < 4.78 is 0. The summed E-state index contributed by atoms with van der Waals surface area (Å²) in [6, 6.07) is 12.9. The lowest BCUT2D eigenvalue weighted by atomic mass is 10.1. The van der Waals surface area contributed by atoms with Crippen LogP contribution in [0.2, 0.25) is 0 Å². The molecule has 19 heavy (non-hydrogen) atoms. The molecule has 0 fully saturated rings. The number of hydrogen-bond acceptors (Lipinski definition) is 3. The van der Waals surface area contributed by atoms with Crippen LogP contribution in [-0.4, -0.2) is 10.8 Å². The van der Waals surface area contributed by atoms with E-state index in [2.05, 4.69) is 11.1 Å². The van der Waals surface area contributed by atoms with Crippen molar-refractivity contribution in [2.45, 2.75) is 6.42 Å². The number of rotatable bonds is 4. The van der Waals surface area contributed by atoms with Crippen LogP contribution in [0.1, 0.15) is 16.7 Å². The molecule has 0 spiro atoms. The second-order valence-corrected chi connectivity index (χ2v) is 4.04. The van der Waals surface area contributed by atoms with Crippen LogP contribution in [-0.2, 0) is 11.2 Å². The number of carbonyl (C=O) groups excluding carboxylic acids is 1. The van der Waals surface area contributed by atoms with Gasteiger partial charge in [-0.15, -0.1) is 0 Å². The van der Waals surface area contributed by atoms with Crippen LogP contribution in [0, 0.1) is 11.3 Å². The summed E-state index contributed by atoms with van der Waals surface area (Å²) in [4.78, 5) is 15.8. The summed E-state index contributed by atoms with van der Waals surface area (Å²) in [6.45, 7) is 0. The highest BCUT2D eigenvalue weighted by atomic mass is 16.1. The van der Waals surface area contributed by atoms with Crippen LogP contribution in [0.5, 0.6) is 0 Å². The lowest BCUT2D eigenvalue weighted by Gasteiger charge is -1.97. The maximum Gasteiger partial charge on any atom is 0.160 e. The summed E-state index contributed by atoms with van der Waals surface area (Å²) >= 11 is 0. The van der Waals surface area contributed by atoms with Crippen molar-refractivity contribution in [3.8, 4) is 6.07 Å². The van der Waals surface area contributed by atoms with E-state index in [1.165, 1.54) is 6.08 Å². The Bertz CT molecular complexity index is 639. The van der Waals surface area contributed by atoms with Crippen LogP contribution in [0.25, 0.3) is 6.08 Å². The maximum atomic E-state index is 11.8. The summed E-state index contributed by atoms with van der Waals surface area (Å²) in [7, 11) is 0. The van der Waals surface area contributed by atoms with Gasteiger partial charge in [0.1, 0.15) is 0 Å². The summed E-state index contributed by atoms with van der Waals surface area (Å²) in [5.74, 6) is -0.0132. The average molecular weight is 248 g/mol. The molecule has 2 rings (SSSR count). The largest absolute Gasteiger partial charge is 0.294 e. The number of allylic oxidation sites excluding steroid dienone is 1. The lowest BCUT2D eigenvalue weighted by molar-refractivity contribution is -0.113. The van der Waals surface area contributed by atoms with Gasteiger partial charge in [0.15, 0.2) is 5.78 Å². The van der Waals surface area contributed by atoms with Crippen molar-refractivity contribution in [1.29, 1.82) is 5.26 Å². The molecule has 0 aliphatic carbocycles. The first-order valence-electron chi connectivity index (χ1n) is 5.88. The van der Waals surface area contributed by atoms with E-state index >= 15 is 0 Å². The normalized spacial score (nSPS) is 10.3. The van der Waals surface area contributed by atoms with E-state index in [-0.39, 0.29) is 5.78 Å². The van der Waals surface area contributed by atoms with Gasteiger partial charge < -0.3 is 0 Å². The number of benzene rings is 1. The molecular weight excluding hydrogens is 236 g/mol. The zero-order chi connectivity index (χ0) is 13.5. The van der Waals surface area contributed by atoms with Crippen molar-refractivity contribution < 1.29 is 4.79 Å². The van der Waals surface area contributed by atoms with E-state index in [1.807, 2.05) is 18.2 Å². The molecule has 0 radical (unpaired) electrons. The minimum Gasteiger partial charge on any atom is -0.294 e. The molecule has 1 aromatic carbocycles. The Morgan fingerprint density at radius 3 is 2.84 bits per heavy atom. The third kappa shape index (κ3) is 3.62. The minimum absolute atomic E-state index is 0.0132. The first kappa shape index (κ1) is 12.7. The zero-order valence-electron chi connectivity index (χ0n) is 10.3. The highest BCUT2D eigenvalue weighted by Crippen LogP contribution is 2.09. The first-order chi connectivity index (χ1) is 9.29. The molecule has 2 aromatic rings. The summed E-state index contributed by atoms with van der Waals surface area (Å²) in [5, 5.41) is 8.94. The van der Waals surface area contributed by atoms with Gasteiger partial charge >= 0.3 is 0 Å². The Labute approximate surface area is 111 Å². The molecule has 0 saturated carbocycles. The third-order valence-corrected chi connectivity index (χ3v) is 2.63. The Hall–Kier alpha value is -2.73. The van der Waals surface area contributed by atoms with Gasteiger partial charge in [0.05, 0.1) is 11.6 Å². The Morgan fingerprint density at radius 2 is 2.11 bits per heavy atom. The molecule has 0 unspecified atom stereocenters. The smallest absolute Gasteiger partial charge is 0.160 e. The molecule has 0 amide bonds. The molecule has 1 heterocycles. The predicted octanol–water partition coefficient (Wildman–Crippen LogP) is 2.78. The molecule has 92 valence electrons. The van der Waals surface area contributed by atoms with Crippen molar-refractivity contribution in [3.05, 3.63) is 71.6 Å². The standard InChI is InChI=1S/C16H12N2O/c17-11-15-6-2-1-5-14(15)7-8-16(19)10-13-4-3-9-18-12-13/h1-9,12H,10H2. The number of nitrogens with zero attached hydrogens (tertiary/aromatic N) is 2. The van der Waals surface area contributed by atoms with Gasteiger partial charge in [-0.3, -0.25) is 9.78 Å². The van der Waals surface area contributed by atoms with E-state index in [4.69, 9.17) is 5.26 Å². The molecule has 0 saturated heterocycles. The number of carbonyl (C=O) groups is 1. The molecule has 3 heteroatoms. The molecule has 0 aliphatic rings. The van der Waals surface area contributed by atoms with Crippen LogP contribution in [0.15, 0.2) is 54.9 Å². The van der Waals surface area contributed by atoms with Crippen molar-refractivity contribution >= 4 is 11.9 Å². The molecule has 3 nitrogen and oxygen atoms in total. The van der Waals surface area contributed by atoms with Gasteiger partial charge in [-0.2, -0.15) is 5.26 Å². The quantitative estimate of drug-likeness (QED) is 0.782. The Balaban J connectivity index is 2.07. The molecule has 0 atom stereocenters. The zero-order valence-corrected chi connectivity index (χ0v) is 10.3. The third-order valence-electron chi connectivity index (χ3n) is 2.63. The molecule has 1 aromatic heterocycles. The van der Waals surface area contributed by atoms with Crippen molar-refractivity contribution in [2.24, 2.45) is 0 Å². The Morgan fingerprint density at radius 1 is 1.26 bits per heavy atom. The Kier molecular flexibility index (Phi) is 4.20. The number of ketones is 1. The maximum absolute atomic E-state index is 11.8. The molecule has 0 bridgehead atoms. The van der Waals surface area contributed by atoms with Gasteiger partial charge in [0, 0.05) is 18.8 Å². The van der Waals surface area contributed by atoms with Crippen molar-refractivity contribution in [1.82, 2.24) is 4.98 Å². The molecule has 0 N–H and O–H groups in total. The van der Waals surface area contributed by atoms with Gasteiger partial charge in [0.25, 0.3) is 0 Å². The van der Waals surface area contributed by atoms with Crippen LogP contribution in [0.3, 0.4) is 0 Å². The number of aromatic nitrogens is 1. The molecule has 0 aliphatic heterocycles. The van der Waals surface area contributed by atoms with Crippen LogP contribution >= 0.6 is 0 Å². The first-order valence-corrected chi connectivity index (χ1v) is 5.88. The second kappa shape index (κ2) is 6.27. The minimum atomic E-state index is -0.0132. The lowest BCUT2D eigenvalue weighted by Crippen LogP contribution is -1.98. The van der Waals surface area contributed by atoms with E-state index in [1.54, 1.807) is 36.7 Å². The van der Waals surface area contributed by atoms with Gasteiger partial charge in [0.2, 0.25) is 0 Å². The highest BCUT2D eigenvalue weighted by molar-refractivity contribution is 5.95. The average Bonchev–Trinajstić information content (AvgIpc) is 2.46. The summed E-state index contributed by atoms with van der Waals surface area (Å²) in [6.07, 6.45) is 6.85. The van der Waals surface area contributed by atoms with Gasteiger partial charge in [-0.1, -0.05) is 30.3 Å². The SMILES string of the molecule is N#Cc1ccccc1C=CC(=O)Cc1cccnc1. The fourth-order valence-electron chi connectivity index (χ4n) is 1.69. The number of nitriles is 1.